The molecule has 44 heavy (non-hydrogen) atoms. The first-order chi connectivity index (χ1) is 21.2. The predicted molar refractivity (Wildman–Crippen MR) is 159 cm³/mol. The topological polar surface area (TPSA) is 115 Å². The third kappa shape index (κ3) is 4.70. The minimum Gasteiger partial charge on any atom is -0.508 e. The van der Waals surface area contributed by atoms with Crippen LogP contribution in [0.15, 0.2) is 30.5 Å². The van der Waals surface area contributed by atoms with Crippen LogP contribution in [-0.2, 0) is 6.42 Å². The number of aromatic nitrogens is 3. The van der Waals surface area contributed by atoms with Gasteiger partial charge in [-0.25, -0.2) is 13.2 Å². The molecule has 4 atom stereocenters. The first-order valence-corrected chi connectivity index (χ1v) is 15.1. The zero-order chi connectivity index (χ0) is 30.7. The van der Waals surface area contributed by atoms with Gasteiger partial charge in [0.25, 0.3) is 0 Å². The molecule has 0 amide bonds. The average Bonchev–Trinajstić information content (AvgIpc) is 3.67. The summed E-state index contributed by atoms with van der Waals surface area (Å²) in [5.41, 5.74) is -0.159. The predicted octanol–water partition coefficient (Wildman–Crippen LogP) is 4.28. The van der Waals surface area contributed by atoms with Crippen LogP contribution in [0.3, 0.4) is 0 Å². The maximum Gasteiger partial charge on any atom is 0.319 e. The SMILES string of the molecule is CCc1c(F)ccc2cc(O)cc(-c3ncc4c(N5C[C@H](O)C[C@H]5CO)nc(OC[C@@]56CCCN5C[C@H](F)C6)nc4c3F)c12. The van der Waals surface area contributed by atoms with Gasteiger partial charge >= 0.3 is 6.01 Å². The number of aliphatic hydroxyl groups is 2. The number of anilines is 1. The van der Waals surface area contributed by atoms with Gasteiger partial charge in [0.15, 0.2) is 5.82 Å². The molecule has 0 aliphatic carbocycles. The minimum atomic E-state index is -0.954. The van der Waals surface area contributed by atoms with Crippen molar-refractivity contribution in [1.82, 2.24) is 19.9 Å². The quantitative estimate of drug-likeness (QED) is 0.283. The van der Waals surface area contributed by atoms with Crippen LogP contribution in [0.2, 0.25) is 0 Å². The highest BCUT2D eigenvalue weighted by Crippen LogP contribution is 2.42. The van der Waals surface area contributed by atoms with Crippen molar-refractivity contribution in [1.29, 1.82) is 0 Å². The van der Waals surface area contributed by atoms with E-state index in [1.165, 1.54) is 30.5 Å². The number of phenols is 1. The summed E-state index contributed by atoms with van der Waals surface area (Å²) in [6, 6.07) is 5.11. The van der Waals surface area contributed by atoms with E-state index in [0.717, 1.165) is 19.4 Å². The number of ether oxygens (including phenoxy) is 1. The highest BCUT2D eigenvalue weighted by atomic mass is 19.1. The second-order valence-corrected chi connectivity index (χ2v) is 12.2. The summed E-state index contributed by atoms with van der Waals surface area (Å²) >= 11 is 0. The van der Waals surface area contributed by atoms with Gasteiger partial charge < -0.3 is 25.0 Å². The van der Waals surface area contributed by atoms with E-state index in [9.17, 15) is 24.1 Å². The Balaban J connectivity index is 1.39. The fourth-order valence-corrected chi connectivity index (χ4v) is 7.50. The van der Waals surface area contributed by atoms with Crippen molar-refractivity contribution in [2.75, 3.05) is 37.7 Å². The van der Waals surface area contributed by atoms with E-state index in [1.807, 2.05) is 0 Å². The van der Waals surface area contributed by atoms with E-state index in [4.69, 9.17) is 4.74 Å². The molecule has 232 valence electrons. The fraction of sp³-hybridized carbons (Fsp3) is 0.469. The number of hydrogen-bond donors (Lipinski definition) is 3. The molecular weight excluding hydrogens is 575 g/mol. The molecule has 2 aromatic heterocycles. The summed E-state index contributed by atoms with van der Waals surface area (Å²) < 4.78 is 52.1. The average molecular weight is 610 g/mol. The number of aromatic hydroxyl groups is 1. The number of rotatable bonds is 7. The molecule has 0 radical (unpaired) electrons. The normalized spacial score (nSPS) is 25.4. The van der Waals surface area contributed by atoms with Gasteiger partial charge in [0.2, 0.25) is 0 Å². The van der Waals surface area contributed by atoms with Gasteiger partial charge in [-0.2, -0.15) is 9.97 Å². The molecule has 3 N–H and O–H groups in total. The Morgan fingerprint density at radius 1 is 1.16 bits per heavy atom. The first kappa shape index (κ1) is 29.0. The maximum atomic E-state index is 16.7. The van der Waals surface area contributed by atoms with Crippen LogP contribution in [-0.4, -0.2) is 91.9 Å². The molecule has 3 fully saturated rings. The lowest BCUT2D eigenvalue weighted by Gasteiger charge is -2.31. The summed E-state index contributed by atoms with van der Waals surface area (Å²) in [6.45, 7) is 2.93. The third-order valence-corrected chi connectivity index (χ3v) is 9.51. The van der Waals surface area contributed by atoms with Gasteiger partial charge in [-0.1, -0.05) is 13.0 Å². The summed E-state index contributed by atoms with van der Waals surface area (Å²) in [6.07, 6.45) is 2.38. The van der Waals surface area contributed by atoms with E-state index < -0.39 is 35.5 Å². The Morgan fingerprint density at radius 3 is 2.80 bits per heavy atom. The van der Waals surface area contributed by atoms with E-state index in [-0.39, 0.29) is 59.5 Å². The molecule has 0 bridgehead atoms. The van der Waals surface area contributed by atoms with E-state index in [1.54, 1.807) is 11.8 Å². The second-order valence-electron chi connectivity index (χ2n) is 12.2. The number of alkyl halides is 1. The molecule has 12 heteroatoms. The van der Waals surface area contributed by atoms with E-state index in [0.29, 0.717) is 42.1 Å². The zero-order valence-electron chi connectivity index (χ0n) is 24.3. The van der Waals surface area contributed by atoms with Crippen LogP contribution in [0.1, 0.15) is 38.2 Å². The molecule has 9 nitrogen and oxygen atoms in total. The number of halogens is 3. The molecule has 5 heterocycles. The Morgan fingerprint density at radius 2 is 2.00 bits per heavy atom. The lowest BCUT2D eigenvalue weighted by Crippen LogP contribution is -2.43. The number of aryl methyl sites for hydroxylation is 1. The van der Waals surface area contributed by atoms with Crippen molar-refractivity contribution in [3.63, 3.8) is 0 Å². The van der Waals surface area contributed by atoms with Gasteiger partial charge in [0, 0.05) is 31.3 Å². The molecule has 0 spiro atoms. The third-order valence-electron chi connectivity index (χ3n) is 9.51. The van der Waals surface area contributed by atoms with Gasteiger partial charge in [-0.05, 0) is 66.8 Å². The van der Waals surface area contributed by atoms with Crippen molar-refractivity contribution in [3.8, 4) is 23.0 Å². The van der Waals surface area contributed by atoms with Crippen molar-refractivity contribution in [2.45, 2.75) is 62.9 Å². The van der Waals surface area contributed by atoms with Crippen molar-refractivity contribution < 1.29 is 33.2 Å². The molecular formula is C32H34F3N5O4. The standard InChI is InChI=1S/C32H34F3N5O4/c1-2-22-25(34)5-4-17-8-20(42)10-23(26(17)22)28-27(35)29-24(12-36-28)30(40-14-21(43)9-19(40)15-41)38-31(37-29)44-16-32-6-3-7-39(32)13-18(33)11-32/h4-5,8,10,12,18-19,21,41-43H,2-3,6-7,9,11,13-16H2,1H3/t18-,19+,21-,32+/m1/s1. The molecule has 7 rings (SSSR count). The Labute approximate surface area is 251 Å². The largest absolute Gasteiger partial charge is 0.508 e. The summed E-state index contributed by atoms with van der Waals surface area (Å²) in [5, 5.41) is 32.2. The van der Waals surface area contributed by atoms with Crippen LogP contribution in [0.4, 0.5) is 19.0 Å². The monoisotopic (exact) mass is 609 g/mol. The highest BCUT2D eigenvalue weighted by Gasteiger charge is 2.49. The first-order valence-electron chi connectivity index (χ1n) is 15.1. The van der Waals surface area contributed by atoms with Crippen molar-refractivity contribution in [3.05, 3.63) is 47.7 Å². The lowest BCUT2D eigenvalue weighted by molar-refractivity contribution is 0.107. The number of pyridine rings is 1. The minimum absolute atomic E-state index is 0.116. The molecule has 3 saturated heterocycles. The van der Waals surface area contributed by atoms with Crippen LogP contribution >= 0.6 is 0 Å². The van der Waals surface area contributed by atoms with Crippen LogP contribution in [0.25, 0.3) is 32.9 Å². The molecule has 3 aliphatic heterocycles. The number of benzene rings is 2. The molecule has 3 aliphatic rings. The number of hydrogen-bond acceptors (Lipinski definition) is 9. The van der Waals surface area contributed by atoms with E-state index in [2.05, 4.69) is 19.9 Å². The van der Waals surface area contributed by atoms with Crippen LogP contribution < -0.4 is 9.64 Å². The number of β-amino-alcohol motifs (C(OH)–C–C–N with tert-alkyl or cyclic N) is 1. The smallest absolute Gasteiger partial charge is 0.319 e. The van der Waals surface area contributed by atoms with Crippen LogP contribution in [0, 0.1) is 11.6 Å². The molecule has 0 saturated carbocycles. The number of fused-ring (bicyclic) bond motifs is 3. The highest BCUT2D eigenvalue weighted by molar-refractivity contribution is 6.01. The number of aliphatic hydroxyl groups excluding tert-OH is 2. The Hall–Kier alpha value is -3.74. The van der Waals surface area contributed by atoms with Gasteiger partial charge in [-0.3, -0.25) is 9.88 Å². The molecule has 2 aromatic carbocycles. The maximum absolute atomic E-state index is 16.7. The van der Waals surface area contributed by atoms with Gasteiger partial charge in [0.05, 0.1) is 29.7 Å². The Kier molecular flexibility index (Phi) is 7.25. The van der Waals surface area contributed by atoms with Crippen LogP contribution in [0.5, 0.6) is 11.8 Å². The molecule has 4 aromatic rings. The zero-order valence-corrected chi connectivity index (χ0v) is 24.3. The molecule has 0 unspecified atom stereocenters. The number of nitrogens with zero attached hydrogens (tertiary/aromatic N) is 5. The summed E-state index contributed by atoms with van der Waals surface area (Å²) in [7, 11) is 0. The Bertz CT molecular complexity index is 1760. The fourth-order valence-electron chi connectivity index (χ4n) is 7.50. The van der Waals surface area contributed by atoms with Crippen molar-refractivity contribution in [2.24, 2.45) is 0 Å². The summed E-state index contributed by atoms with van der Waals surface area (Å²) in [5.74, 6) is -1.15. The number of phenolic OH excluding ortho intramolecular Hbond substituents is 1. The second kappa shape index (κ2) is 11.0. The van der Waals surface area contributed by atoms with Gasteiger partial charge in [-0.15, -0.1) is 0 Å². The van der Waals surface area contributed by atoms with Gasteiger partial charge in [0.1, 0.15) is 41.4 Å². The van der Waals surface area contributed by atoms with Crippen molar-refractivity contribution >= 4 is 27.5 Å². The van der Waals surface area contributed by atoms with E-state index >= 15 is 4.39 Å². The lowest BCUT2D eigenvalue weighted by atomic mass is 9.94. The summed E-state index contributed by atoms with van der Waals surface area (Å²) in [4.78, 5) is 17.3.